The van der Waals surface area contributed by atoms with Crippen LogP contribution in [0.3, 0.4) is 0 Å². The zero-order chi connectivity index (χ0) is 18.9. The van der Waals surface area contributed by atoms with Crippen molar-refractivity contribution in [3.63, 3.8) is 0 Å². The monoisotopic (exact) mass is 400 g/mol. The Bertz CT molecular complexity index is 907. The molecule has 1 fully saturated rings. The van der Waals surface area contributed by atoms with Crippen LogP contribution in [-0.4, -0.2) is 47.8 Å². The minimum Gasteiger partial charge on any atom is -0.314 e. The van der Waals surface area contributed by atoms with Gasteiger partial charge in [0.2, 0.25) is 0 Å². The van der Waals surface area contributed by atoms with Crippen LogP contribution in [0.1, 0.15) is 55.0 Å². The maximum atomic E-state index is 12.6. The van der Waals surface area contributed by atoms with Gasteiger partial charge in [0.25, 0.3) is 5.56 Å². The summed E-state index contributed by atoms with van der Waals surface area (Å²) in [4.78, 5) is 15.1. The van der Waals surface area contributed by atoms with E-state index in [0.29, 0.717) is 12.6 Å². The lowest BCUT2D eigenvalue weighted by Crippen LogP contribution is -2.38. The van der Waals surface area contributed by atoms with Crippen molar-refractivity contribution < 1.29 is 0 Å². The molecule has 0 N–H and O–H groups in total. The average molecular weight is 401 g/mol. The van der Waals surface area contributed by atoms with Crippen molar-refractivity contribution in [2.75, 3.05) is 12.3 Å². The first-order chi connectivity index (χ1) is 13.8. The summed E-state index contributed by atoms with van der Waals surface area (Å²) in [5.41, 5.74) is 2.29. The molecule has 1 saturated heterocycles. The van der Waals surface area contributed by atoms with Crippen LogP contribution >= 0.6 is 11.8 Å². The fourth-order valence-electron chi connectivity index (χ4n) is 4.74. The molecule has 28 heavy (non-hydrogen) atoms. The number of aromatic nitrogens is 5. The third-order valence-corrected chi connectivity index (χ3v) is 7.33. The molecule has 0 aromatic carbocycles. The molecule has 3 aliphatic rings. The molecule has 2 aromatic heterocycles. The van der Waals surface area contributed by atoms with E-state index in [4.69, 9.17) is 5.10 Å². The summed E-state index contributed by atoms with van der Waals surface area (Å²) < 4.78 is 4.05. The summed E-state index contributed by atoms with van der Waals surface area (Å²) in [6.07, 6.45) is 8.01. The molecule has 3 aliphatic heterocycles. The van der Waals surface area contributed by atoms with Crippen LogP contribution in [0, 0.1) is 0 Å². The Labute approximate surface area is 169 Å². The number of thioether (sulfide) groups is 1. The quantitative estimate of drug-likeness (QED) is 0.782. The Kier molecular flexibility index (Phi) is 5.24. The highest BCUT2D eigenvalue weighted by Gasteiger charge is 2.28. The van der Waals surface area contributed by atoms with Crippen molar-refractivity contribution in [3.8, 4) is 0 Å². The predicted octanol–water partition coefficient (Wildman–Crippen LogP) is 2.02. The lowest BCUT2D eigenvalue weighted by molar-refractivity contribution is 0.208. The third-order valence-electron chi connectivity index (χ3n) is 6.32. The van der Waals surface area contributed by atoms with Crippen molar-refractivity contribution in [1.82, 2.24) is 29.4 Å². The van der Waals surface area contributed by atoms with Crippen molar-refractivity contribution in [1.29, 1.82) is 0 Å². The molecule has 1 unspecified atom stereocenters. The van der Waals surface area contributed by atoms with Crippen molar-refractivity contribution in [2.45, 2.75) is 76.4 Å². The van der Waals surface area contributed by atoms with E-state index in [-0.39, 0.29) is 5.56 Å². The smallest absolute Gasteiger partial charge is 0.267 e. The number of nitrogens with zero attached hydrogens (tertiary/aromatic N) is 6. The average Bonchev–Trinajstić information content (AvgIpc) is 3.22. The van der Waals surface area contributed by atoms with Crippen LogP contribution in [0.25, 0.3) is 0 Å². The van der Waals surface area contributed by atoms with Gasteiger partial charge in [-0.05, 0) is 43.5 Å². The van der Waals surface area contributed by atoms with Crippen LogP contribution < -0.4 is 5.56 Å². The normalized spacial score (nSPS) is 22.6. The molecule has 0 spiro atoms. The molecular formula is C20H28N6OS. The topological polar surface area (TPSA) is 68.8 Å². The van der Waals surface area contributed by atoms with Crippen molar-refractivity contribution >= 4 is 11.8 Å². The van der Waals surface area contributed by atoms with Crippen molar-refractivity contribution in [3.05, 3.63) is 39.3 Å². The van der Waals surface area contributed by atoms with Gasteiger partial charge in [0.05, 0.1) is 18.8 Å². The fourth-order valence-corrected chi connectivity index (χ4v) is 5.69. The second-order valence-electron chi connectivity index (χ2n) is 8.20. The second-order valence-corrected chi connectivity index (χ2v) is 9.31. The van der Waals surface area contributed by atoms with Crippen LogP contribution in [0.4, 0.5) is 0 Å². The summed E-state index contributed by atoms with van der Waals surface area (Å²) >= 11 is 1.89. The molecule has 150 valence electrons. The molecule has 0 amide bonds. The van der Waals surface area contributed by atoms with E-state index in [2.05, 4.69) is 19.7 Å². The number of hydrogen-bond donors (Lipinski definition) is 0. The minimum atomic E-state index is 0.0458. The van der Waals surface area contributed by atoms with Crippen LogP contribution in [0.5, 0.6) is 0 Å². The molecule has 2 aromatic rings. The molecule has 0 radical (unpaired) electrons. The maximum absolute atomic E-state index is 12.6. The van der Waals surface area contributed by atoms with Crippen LogP contribution in [-0.2, 0) is 38.2 Å². The Hall–Kier alpha value is -1.67. The summed E-state index contributed by atoms with van der Waals surface area (Å²) in [5.74, 6) is 4.26. The number of hydrogen-bond acceptors (Lipinski definition) is 6. The highest BCUT2D eigenvalue weighted by Crippen LogP contribution is 2.24. The van der Waals surface area contributed by atoms with Gasteiger partial charge in [-0.25, -0.2) is 4.68 Å². The van der Waals surface area contributed by atoms with E-state index < -0.39 is 0 Å². The van der Waals surface area contributed by atoms with Gasteiger partial charge in [-0.1, -0.05) is 6.42 Å². The highest BCUT2D eigenvalue weighted by molar-refractivity contribution is 7.98. The summed E-state index contributed by atoms with van der Waals surface area (Å²) in [7, 11) is 0. The van der Waals surface area contributed by atoms with Crippen LogP contribution in [0.2, 0.25) is 0 Å². The van der Waals surface area contributed by atoms with E-state index in [1.54, 1.807) is 4.68 Å². The number of fused-ring (bicyclic) bond motifs is 2. The predicted molar refractivity (Wildman–Crippen MR) is 109 cm³/mol. The second kappa shape index (κ2) is 7.99. The van der Waals surface area contributed by atoms with E-state index in [0.717, 1.165) is 73.3 Å². The number of aryl methyl sites for hydroxylation is 2. The molecule has 5 heterocycles. The Morgan fingerprint density at radius 3 is 3.04 bits per heavy atom. The fraction of sp³-hybridized carbons (Fsp3) is 0.700. The van der Waals surface area contributed by atoms with Gasteiger partial charge in [-0.3, -0.25) is 9.69 Å². The third kappa shape index (κ3) is 3.64. The molecule has 1 atom stereocenters. The van der Waals surface area contributed by atoms with E-state index in [1.807, 2.05) is 17.8 Å². The first kappa shape index (κ1) is 18.4. The molecule has 8 heteroatoms. The Balaban J connectivity index is 1.33. The van der Waals surface area contributed by atoms with E-state index in [9.17, 15) is 4.79 Å². The maximum Gasteiger partial charge on any atom is 0.267 e. The van der Waals surface area contributed by atoms with Gasteiger partial charge in [0.1, 0.15) is 11.6 Å². The number of likely N-dealkylation sites (tertiary alicyclic amines) is 1. The zero-order valence-electron chi connectivity index (χ0n) is 16.3. The Morgan fingerprint density at radius 2 is 2.07 bits per heavy atom. The first-order valence-corrected chi connectivity index (χ1v) is 11.8. The van der Waals surface area contributed by atoms with Crippen LogP contribution in [0.15, 0.2) is 10.9 Å². The summed E-state index contributed by atoms with van der Waals surface area (Å²) in [6, 6.07) is 2.16. The SMILES string of the molecule is O=c1cc2c(nn1CC1CCCN1Cc1nnc3n1CCCCC3)CCSC2. The van der Waals surface area contributed by atoms with E-state index in [1.165, 1.54) is 25.7 Å². The molecule has 0 saturated carbocycles. The van der Waals surface area contributed by atoms with Crippen molar-refractivity contribution in [2.24, 2.45) is 0 Å². The molecular weight excluding hydrogens is 372 g/mol. The largest absolute Gasteiger partial charge is 0.314 e. The van der Waals surface area contributed by atoms with Gasteiger partial charge >= 0.3 is 0 Å². The van der Waals surface area contributed by atoms with Gasteiger partial charge in [0, 0.05) is 37.2 Å². The minimum absolute atomic E-state index is 0.0458. The summed E-state index contributed by atoms with van der Waals surface area (Å²) in [6.45, 7) is 3.61. The summed E-state index contributed by atoms with van der Waals surface area (Å²) in [5, 5.41) is 13.7. The highest BCUT2D eigenvalue weighted by atomic mass is 32.2. The molecule has 5 rings (SSSR count). The van der Waals surface area contributed by atoms with Gasteiger partial charge in [-0.15, -0.1) is 10.2 Å². The Morgan fingerprint density at radius 1 is 1.11 bits per heavy atom. The first-order valence-electron chi connectivity index (χ1n) is 10.6. The number of rotatable bonds is 4. The lowest BCUT2D eigenvalue weighted by Gasteiger charge is -2.25. The molecule has 7 nitrogen and oxygen atoms in total. The van der Waals surface area contributed by atoms with E-state index >= 15 is 0 Å². The van der Waals surface area contributed by atoms with Gasteiger partial charge in [0.15, 0.2) is 0 Å². The lowest BCUT2D eigenvalue weighted by atomic mass is 10.2. The van der Waals surface area contributed by atoms with Gasteiger partial charge in [-0.2, -0.15) is 16.9 Å². The molecule has 0 bridgehead atoms. The molecule has 0 aliphatic carbocycles. The van der Waals surface area contributed by atoms with Gasteiger partial charge < -0.3 is 4.57 Å². The standard InChI is InChI=1S/C20H28N6OS/c27-20-11-15-14-28-10-7-17(15)23-26(20)12-16-5-4-8-24(16)13-19-22-21-18-6-2-1-3-9-25(18)19/h11,16H,1-10,12-14H2. The zero-order valence-corrected chi connectivity index (χ0v) is 17.2.